The van der Waals surface area contributed by atoms with Crippen LogP contribution in [0.3, 0.4) is 0 Å². The Hall–Kier alpha value is -1.71. The first-order chi connectivity index (χ1) is 9.37. The molecule has 1 aliphatic rings. The van der Waals surface area contributed by atoms with Gasteiger partial charge in [0, 0.05) is 6.54 Å². The third kappa shape index (κ3) is 3.65. The smallest absolute Gasteiger partial charge is 0.414 e. The van der Waals surface area contributed by atoms with Crippen molar-refractivity contribution in [1.29, 1.82) is 0 Å². The quantitative estimate of drug-likeness (QED) is 0.721. The molecule has 0 aliphatic carbocycles. The van der Waals surface area contributed by atoms with Crippen LogP contribution < -0.4 is 9.64 Å². The first-order valence-electron chi connectivity index (χ1n) is 7.11. The van der Waals surface area contributed by atoms with Gasteiger partial charge in [0.1, 0.15) is 11.4 Å². The summed E-state index contributed by atoms with van der Waals surface area (Å²) in [5.41, 5.74) is 1.42. The molecule has 0 aromatic heterocycles. The van der Waals surface area contributed by atoms with Gasteiger partial charge in [-0.2, -0.15) is 0 Å². The van der Waals surface area contributed by atoms with E-state index in [1.807, 2.05) is 45.9 Å². The molecule has 0 N–H and O–H groups in total. The molecule has 0 unspecified atom stereocenters. The molecule has 1 aromatic rings. The predicted molar refractivity (Wildman–Crippen MR) is 79.5 cm³/mol. The summed E-state index contributed by atoms with van der Waals surface area (Å²) >= 11 is 0. The van der Waals surface area contributed by atoms with Crippen molar-refractivity contribution in [2.75, 3.05) is 18.1 Å². The number of amides is 1. The van der Waals surface area contributed by atoms with Crippen molar-refractivity contribution in [3.63, 3.8) is 0 Å². The highest BCUT2D eigenvalue weighted by Crippen LogP contribution is 2.32. The summed E-state index contributed by atoms with van der Waals surface area (Å²) in [6, 6.07) is 5.89. The second kappa shape index (κ2) is 5.73. The van der Waals surface area contributed by atoms with E-state index in [-0.39, 0.29) is 6.09 Å². The molecule has 4 heteroatoms. The minimum absolute atomic E-state index is 0.312. The number of ether oxygens (including phenoxy) is 2. The number of carbonyl (C=O) groups excluding carboxylic acids is 1. The average molecular weight is 277 g/mol. The lowest BCUT2D eigenvalue weighted by Gasteiger charge is -2.30. The Kier molecular flexibility index (Phi) is 4.21. The molecule has 2 rings (SSSR count). The molecule has 20 heavy (non-hydrogen) atoms. The maximum absolute atomic E-state index is 12.4. The summed E-state index contributed by atoms with van der Waals surface area (Å²) in [6.07, 6.45) is 1.53. The van der Waals surface area contributed by atoms with E-state index in [0.29, 0.717) is 13.2 Å². The molecule has 0 saturated heterocycles. The first kappa shape index (κ1) is 14.7. The summed E-state index contributed by atoms with van der Waals surface area (Å²) < 4.78 is 11.3. The maximum Gasteiger partial charge on any atom is 0.414 e. The number of hydrogen-bond acceptors (Lipinski definition) is 3. The molecule has 0 saturated carbocycles. The van der Waals surface area contributed by atoms with Gasteiger partial charge >= 0.3 is 6.09 Å². The first-order valence-corrected chi connectivity index (χ1v) is 7.11. The van der Waals surface area contributed by atoms with Gasteiger partial charge in [-0.05, 0) is 58.2 Å². The van der Waals surface area contributed by atoms with E-state index in [2.05, 4.69) is 0 Å². The lowest BCUT2D eigenvalue weighted by molar-refractivity contribution is 0.0576. The molecule has 0 spiro atoms. The highest BCUT2D eigenvalue weighted by molar-refractivity contribution is 5.90. The number of hydrogen-bond donors (Lipinski definition) is 0. The molecule has 1 aliphatic heterocycles. The van der Waals surface area contributed by atoms with Crippen molar-refractivity contribution < 1.29 is 14.3 Å². The normalized spacial score (nSPS) is 15.7. The number of aryl methyl sites for hydroxylation is 1. The Morgan fingerprint density at radius 3 is 2.75 bits per heavy atom. The third-order valence-electron chi connectivity index (χ3n) is 3.05. The van der Waals surface area contributed by atoms with Gasteiger partial charge in [0.05, 0.1) is 12.3 Å². The van der Waals surface area contributed by atoms with Crippen LogP contribution in [0.4, 0.5) is 10.5 Å². The Bertz CT molecular complexity index is 491. The molecular formula is C16H23NO3. The third-order valence-corrected chi connectivity index (χ3v) is 3.05. The number of carbonyl (C=O) groups is 1. The van der Waals surface area contributed by atoms with Crippen LogP contribution >= 0.6 is 0 Å². The minimum Gasteiger partial charge on any atom is -0.491 e. The molecule has 1 aromatic carbocycles. The van der Waals surface area contributed by atoms with Crippen molar-refractivity contribution in [2.24, 2.45) is 0 Å². The van der Waals surface area contributed by atoms with Crippen LogP contribution in [0.15, 0.2) is 18.2 Å². The summed E-state index contributed by atoms with van der Waals surface area (Å²) in [7, 11) is 0. The van der Waals surface area contributed by atoms with Crippen molar-refractivity contribution in [1.82, 2.24) is 0 Å². The van der Waals surface area contributed by atoms with E-state index in [1.54, 1.807) is 4.90 Å². The van der Waals surface area contributed by atoms with E-state index in [9.17, 15) is 4.79 Å². The summed E-state index contributed by atoms with van der Waals surface area (Å²) in [6.45, 7) is 9.00. The molecule has 110 valence electrons. The van der Waals surface area contributed by atoms with Gasteiger partial charge in [-0.15, -0.1) is 0 Å². The Labute approximate surface area is 120 Å². The van der Waals surface area contributed by atoms with Crippen LogP contribution in [0.1, 0.15) is 39.2 Å². The largest absolute Gasteiger partial charge is 0.491 e. The summed E-state index contributed by atoms with van der Waals surface area (Å²) in [5.74, 6) is 0.760. The van der Waals surface area contributed by atoms with Gasteiger partial charge in [-0.1, -0.05) is 6.07 Å². The van der Waals surface area contributed by atoms with Gasteiger partial charge in [-0.3, -0.25) is 4.90 Å². The van der Waals surface area contributed by atoms with Crippen molar-refractivity contribution in [3.05, 3.63) is 23.8 Å². The fourth-order valence-electron chi connectivity index (χ4n) is 2.14. The zero-order valence-electron chi connectivity index (χ0n) is 12.7. The topological polar surface area (TPSA) is 38.8 Å². The van der Waals surface area contributed by atoms with E-state index >= 15 is 0 Å². The molecular weight excluding hydrogens is 254 g/mol. The van der Waals surface area contributed by atoms with Gasteiger partial charge in [0.2, 0.25) is 0 Å². The van der Waals surface area contributed by atoms with E-state index in [4.69, 9.17) is 9.47 Å². The van der Waals surface area contributed by atoms with Gasteiger partial charge in [0.15, 0.2) is 0 Å². The van der Waals surface area contributed by atoms with Crippen LogP contribution in [0.25, 0.3) is 0 Å². The monoisotopic (exact) mass is 277 g/mol. The molecule has 1 amide bonds. The van der Waals surface area contributed by atoms with Gasteiger partial charge < -0.3 is 9.47 Å². The number of anilines is 1. The molecule has 0 bridgehead atoms. The van der Waals surface area contributed by atoms with Crippen LogP contribution in [0, 0.1) is 6.92 Å². The zero-order chi connectivity index (χ0) is 14.8. The van der Waals surface area contributed by atoms with Crippen molar-refractivity contribution in [2.45, 2.75) is 46.1 Å². The predicted octanol–water partition coefficient (Wildman–Crippen LogP) is 3.91. The van der Waals surface area contributed by atoms with Crippen molar-refractivity contribution >= 4 is 11.8 Å². The Morgan fingerprint density at radius 1 is 1.30 bits per heavy atom. The van der Waals surface area contributed by atoms with Crippen LogP contribution in [-0.2, 0) is 4.74 Å². The fraction of sp³-hybridized carbons (Fsp3) is 0.562. The highest BCUT2D eigenvalue weighted by atomic mass is 16.6. The average Bonchev–Trinajstić information content (AvgIpc) is 2.28. The second-order valence-corrected chi connectivity index (χ2v) is 6.16. The standard InChI is InChI=1S/C16H23NO3/c1-12-7-8-13-14(11-12)19-10-6-5-9-17(13)15(18)20-16(2,3)4/h7-8,11H,5-6,9-10H2,1-4H3. The Morgan fingerprint density at radius 2 is 2.05 bits per heavy atom. The summed E-state index contributed by atoms with van der Waals surface area (Å²) in [4.78, 5) is 14.1. The van der Waals surface area contributed by atoms with Crippen LogP contribution in [0.2, 0.25) is 0 Å². The molecule has 0 fully saturated rings. The van der Waals surface area contributed by atoms with E-state index in [1.165, 1.54) is 0 Å². The fourth-order valence-corrected chi connectivity index (χ4v) is 2.14. The molecule has 0 atom stereocenters. The summed E-state index contributed by atoms with van der Waals surface area (Å²) in [5, 5.41) is 0. The van der Waals surface area contributed by atoms with E-state index < -0.39 is 5.60 Å². The van der Waals surface area contributed by atoms with Crippen LogP contribution in [0.5, 0.6) is 5.75 Å². The molecule has 4 nitrogen and oxygen atoms in total. The SMILES string of the molecule is Cc1ccc2c(c1)OCCCCN2C(=O)OC(C)(C)C. The minimum atomic E-state index is -0.495. The lowest BCUT2D eigenvalue weighted by atomic mass is 10.1. The van der Waals surface area contributed by atoms with Crippen LogP contribution in [-0.4, -0.2) is 24.8 Å². The number of rotatable bonds is 0. The Balaban J connectivity index is 2.31. The van der Waals surface area contributed by atoms with Gasteiger partial charge in [0.25, 0.3) is 0 Å². The van der Waals surface area contributed by atoms with Gasteiger partial charge in [-0.25, -0.2) is 4.79 Å². The van der Waals surface area contributed by atoms with E-state index in [0.717, 1.165) is 29.8 Å². The highest BCUT2D eigenvalue weighted by Gasteiger charge is 2.26. The maximum atomic E-state index is 12.4. The lowest BCUT2D eigenvalue weighted by Crippen LogP contribution is -2.38. The number of nitrogens with zero attached hydrogens (tertiary/aromatic N) is 1. The number of fused-ring (bicyclic) bond motifs is 1. The number of benzene rings is 1. The second-order valence-electron chi connectivity index (χ2n) is 6.16. The zero-order valence-corrected chi connectivity index (χ0v) is 12.7. The molecule has 1 heterocycles. The molecule has 0 radical (unpaired) electrons. The van der Waals surface area contributed by atoms with Crippen molar-refractivity contribution in [3.8, 4) is 5.75 Å².